The highest BCUT2D eigenvalue weighted by atomic mass is 79.9. The SMILES string of the molecule is Cc1ccccc1C(c1cc2c(cc1Br)N(C)CC2)c1ccc2c(c1Br)CCN2C. The van der Waals surface area contributed by atoms with Gasteiger partial charge in [-0.3, -0.25) is 0 Å². The summed E-state index contributed by atoms with van der Waals surface area (Å²) < 4.78 is 2.45. The van der Waals surface area contributed by atoms with Crippen LogP contribution in [0.5, 0.6) is 0 Å². The van der Waals surface area contributed by atoms with Crippen molar-refractivity contribution in [2.45, 2.75) is 25.7 Å². The van der Waals surface area contributed by atoms with E-state index in [1.165, 1.54) is 53.7 Å². The maximum atomic E-state index is 4.03. The summed E-state index contributed by atoms with van der Waals surface area (Å²) in [5.41, 5.74) is 11.0. The van der Waals surface area contributed by atoms with Crippen LogP contribution in [0.3, 0.4) is 0 Å². The van der Waals surface area contributed by atoms with Crippen molar-refractivity contribution in [3.05, 3.63) is 90.9 Å². The second-order valence-electron chi connectivity index (χ2n) is 8.60. The average molecular weight is 526 g/mol. The van der Waals surface area contributed by atoms with Crippen molar-refractivity contribution in [2.75, 3.05) is 37.0 Å². The van der Waals surface area contributed by atoms with Gasteiger partial charge < -0.3 is 9.80 Å². The zero-order valence-electron chi connectivity index (χ0n) is 17.7. The lowest BCUT2D eigenvalue weighted by Crippen LogP contribution is -2.13. The Kier molecular flexibility index (Phi) is 5.19. The van der Waals surface area contributed by atoms with Crippen LogP contribution in [0.15, 0.2) is 57.5 Å². The molecular formula is C26H26Br2N2. The van der Waals surface area contributed by atoms with E-state index in [9.17, 15) is 0 Å². The monoisotopic (exact) mass is 524 g/mol. The molecule has 0 N–H and O–H groups in total. The van der Waals surface area contributed by atoms with Crippen LogP contribution in [0.25, 0.3) is 0 Å². The summed E-state index contributed by atoms with van der Waals surface area (Å²) in [4.78, 5) is 4.71. The quantitative estimate of drug-likeness (QED) is 0.352. The van der Waals surface area contributed by atoms with Crippen LogP contribution < -0.4 is 9.80 Å². The van der Waals surface area contributed by atoms with Gasteiger partial charge in [0.15, 0.2) is 0 Å². The first kappa shape index (κ1) is 20.1. The number of aryl methyl sites for hydroxylation is 1. The molecule has 2 aliphatic rings. The third-order valence-corrected chi connectivity index (χ3v) is 8.43. The van der Waals surface area contributed by atoms with Gasteiger partial charge in [0.2, 0.25) is 0 Å². The first-order valence-corrected chi connectivity index (χ1v) is 12.2. The second-order valence-corrected chi connectivity index (χ2v) is 10.2. The fourth-order valence-electron chi connectivity index (χ4n) is 5.07. The molecule has 2 aliphatic heterocycles. The van der Waals surface area contributed by atoms with E-state index in [1.54, 1.807) is 0 Å². The van der Waals surface area contributed by atoms with Crippen molar-refractivity contribution in [1.82, 2.24) is 0 Å². The highest BCUT2D eigenvalue weighted by Crippen LogP contribution is 2.46. The molecule has 0 amide bonds. The van der Waals surface area contributed by atoms with Crippen LogP contribution in [0.4, 0.5) is 11.4 Å². The van der Waals surface area contributed by atoms with Crippen LogP contribution in [0, 0.1) is 6.92 Å². The number of likely N-dealkylation sites (N-methyl/N-ethyl adjacent to an activating group) is 2. The van der Waals surface area contributed by atoms with Gasteiger partial charge in [-0.2, -0.15) is 0 Å². The molecule has 1 atom stereocenters. The molecule has 4 heteroatoms. The van der Waals surface area contributed by atoms with Crippen molar-refractivity contribution in [1.29, 1.82) is 0 Å². The minimum Gasteiger partial charge on any atom is -0.374 e. The summed E-state index contributed by atoms with van der Waals surface area (Å²) in [7, 11) is 4.37. The molecule has 154 valence electrons. The van der Waals surface area contributed by atoms with E-state index in [0.29, 0.717) is 0 Å². The van der Waals surface area contributed by atoms with Crippen LogP contribution >= 0.6 is 31.9 Å². The van der Waals surface area contributed by atoms with Crippen LogP contribution in [-0.2, 0) is 12.8 Å². The van der Waals surface area contributed by atoms with Gasteiger partial charge in [-0.1, -0.05) is 68.3 Å². The van der Waals surface area contributed by atoms with Crippen LogP contribution in [0.2, 0.25) is 0 Å². The molecule has 0 aliphatic carbocycles. The normalized spacial score (nSPS) is 16.0. The van der Waals surface area contributed by atoms with E-state index >= 15 is 0 Å². The molecule has 0 aromatic heterocycles. The number of anilines is 2. The molecule has 2 heterocycles. The topological polar surface area (TPSA) is 6.48 Å². The first-order chi connectivity index (χ1) is 14.5. The Balaban J connectivity index is 1.74. The zero-order chi connectivity index (χ0) is 21.0. The predicted molar refractivity (Wildman–Crippen MR) is 134 cm³/mol. The van der Waals surface area contributed by atoms with Crippen molar-refractivity contribution < 1.29 is 0 Å². The molecule has 1 unspecified atom stereocenters. The Morgan fingerprint density at radius 2 is 1.53 bits per heavy atom. The number of nitrogens with zero attached hydrogens (tertiary/aromatic N) is 2. The molecule has 5 rings (SSSR count). The van der Waals surface area contributed by atoms with Crippen molar-refractivity contribution in [3.8, 4) is 0 Å². The van der Waals surface area contributed by atoms with Crippen molar-refractivity contribution in [3.63, 3.8) is 0 Å². The van der Waals surface area contributed by atoms with Gasteiger partial charge in [0.25, 0.3) is 0 Å². The van der Waals surface area contributed by atoms with E-state index in [0.717, 1.165) is 25.9 Å². The highest BCUT2D eigenvalue weighted by molar-refractivity contribution is 9.11. The number of halogens is 2. The smallest absolute Gasteiger partial charge is 0.0408 e. The zero-order valence-corrected chi connectivity index (χ0v) is 20.8. The summed E-state index contributed by atoms with van der Waals surface area (Å²) in [5.74, 6) is 0.183. The Labute approximate surface area is 196 Å². The Hall–Kier alpha value is -1.78. The van der Waals surface area contributed by atoms with Gasteiger partial charge in [0.05, 0.1) is 0 Å². The number of benzene rings is 3. The van der Waals surface area contributed by atoms with Crippen LogP contribution in [0.1, 0.15) is 39.3 Å². The maximum absolute atomic E-state index is 4.03. The summed E-state index contributed by atoms with van der Waals surface area (Å²) in [5, 5.41) is 0. The van der Waals surface area contributed by atoms with Gasteiger partial charge in [-0.05, 0) is 65.3 Å². The van der Waals surface area contributed by atoms with Crippen LogP contribution in [-0.4, -0.2) is 27.2 Å². The molecule has 3 aromatic rings. The van der Waals surface area contributed by atoms with Gasteiger partial charge in [-0.25, -0.2) is 0 Å². The predicted octanol–water partition coefficient (Wildman–Crippen LogP) is 6.68. The molecule has 30 heavy (non-hydrogen) atoms. The van der Waals surface area contributed by atoms with E-state index in [4.69, 9.17) is 0 Å². The molecule has 0 saturated heterocycles. The second kappa shape index (κ2) is 7.72. The van der Waals surface area contributed by atoms with E-state index < -0.39 is 0 Å². The lowest BCUT2D eigenvalue weighted by molar-refractivity contribution is 0.934. The number of hydrogen-bond donors (Lipinski definition) is 0. The van der Waals surface area contributed by atoms with Crippen molar-refractivity contribution in [2.24, 2.45) is 0 Å². The molecule has 0 bridgehead atoms. The average Bonchev–Trinajstić information content (AvgIpc) is 3.28. The fraction of sp³-hybridized carbons (Fsp3) is 0.308. The molecule has 0 spiro atoms. The lowest BCUT2D eigenvalue weighted by atomic mass is 9.81. The summed E-state index contributed by atoms with van der Waals surface area (Å²) in [6.07, 6.45) is 2.21. The minimum absolute atomic E-state index is 0.183. The van der Waals surface area contributed by atoms with Crippen molar-refractivity contribution >= 4 is 43.2 Å². The number of hydrogen-bond acceptors (Lipinski definition) is 2. The molecule has 3 aromatic carbocycles. The summed E-state index contributed by atoms with van der Waals surface area (Å²) in [6.45, 7) is 4.41. The lowest BCUT2D eigenvalue weighted by Gasteiger charge is -2.26. The maximum Gasteiger partial charge on any atom is 0.0408 e. The molecule has 0 radical (unpaired) electrons. The van der Waals surface area contributed by atoms with E-state index in [-0.39, 0.29) is 5.92 Å². The Morgan fingerprint density at radius 3 is 2.33 bits per heavy atom. The van der Waals surface area contributed by atoms with Gasteiger partial charge >= 0.3 is 0 Å². The first-order valence-electron chi connectivity index (χ1n) is 10.6. The summed E-state index contributed by atoms with van der Waals surface area (Å²) >= 11 is 7.97. The Morgan fingerprint density at radius 1 is 0.800 bits per heavy atom. The summed E-state index contributed by atoms with van der Waals surface area (Å²) in [6, 6.07) is 18.2. The van der Waals surface area contributed by atoms with Gasteiger partial charge in [0.1, 0.15) is 0 Å². The standard InChI is InChI=1S/C26H26Br2N2/c1-16-6-4-5-7-18(16)25(20-8-9-23-19(26(20)28)11-13-29(23)2)21-14-17-10-12-30(3)24(17)15-22(21)27/h4-9,14-15,25H,10-13H2,1-3H3. The van der Waals surface area contributed by atoms with E-state index in [2.05, 4.69) is 111 Å². The molecule has 0 saturated carbocycles. The minimum atomic E-state index is 0.183. The molecule has 0 fully saturated rings. The van der Waals surface area contributed by atoms with Gasteiger partial charge in [0, 0.05) is 53.4 Å². The Bertz CT molecular complexity index is 1130. The molecular weight excluding hydrogens is 500 g/mol. The highest BCUT2D eigenvalue weighted by Gasteiger charge is 2.29. The third kappa shape index (κ3) is 3.20. The molecule has 2 nitrogen and oxygen atoms in total. The van der Waals surface area contributed by atoms with Gasteiger partial charge in [-0.15, -0.1) is 0 Å². The fourth-order valence-corrected chi connectivity index (χ4v) is 6.40. The number of rotatable bonds is 3. The third-order valence-electron chi connectivity index (χ3n) is 6.80. The largest absolute Gasteiger partial charge is 0.374 e. The van der Waals surface area contributed by atoms with E-state index in [1.807, 2.05) is 0 Å². The number of fused-ring (bicyclic) bond motifs is 2.